The Bertz CT molecular complexity index is 267. The second kappa shape index (κ2) is 1.63. The molecular weight excluding hydrogens is 152 g/mol. The van der Waals surface area contributed by atoms with Crippen molar-refractivity contribution in [3.8, 4) is 0 Å². The topological polar surface area (TPSA) is 26.3 Å². The number of rotatable bonds is 0. The summed E-state index contributed by atoms with van der Waals surface area (Å²) in [5.41, 5.74) is 0. The van der Waals surface area contributed by atoms with Crippen molar-refractivity contribution >= 4 is 5.78 Å². The minimum absolute atomic E-state index is 0.332. The molecule has 6 unspecified atom stereocenters. The number of hydrogen-bond donors (Lipinski definition) is 0. The molecule has 12 heavy (non-hydrogen) atoms. The maximum Gasteiger partial charge on any atom is 0.142 e. The Morgan fingerprint density at radius 3 is 3.00 bits per heavy atom. The molecule has 3 aliphatic carbocycles. The van der Waals surface area contributed by atoms with Gasteiger partial charge in [-0.2, -0.15) is 0 Å². The summed E-state index contributed by atoms with van der Waals surface area (Å²) in [7, 11) is 0. The van der Waals surface area contributed by atoms with Crippen LogP contribution in [-0.4, -0.2) is 18.0 Å². The van der Waals surface area contributed by atoms with E-state index in [-0.39, 0.29) is 0 Å². The van der Waals surface area contributed by atoms with Crippen molar-refractivity contribution in [1.82, 2.24) is 0 Å². The first-order chi connectivity index (χ1) is 5.86. The molecule has 2 heteroatoms. The second-order valence-electron chi connectivity index (χ2n) is 4.81. The van der Waals surface area contributed by atoms with Gasteiger partial charge in [-0.25, -0.2) is 0 Å². The van der Waals surface area contributed by atoms with Crippen LogP contribution in [0.1, 0.15) is 19.3 Å². The van der Waals surface area contributed by atoms with Crippen LogP contribution in [0.5, 0.6) is 0 Å². The van der Waals surface area contributed by atoms with Gasteiger partial charge in [0.05, 0.1) is 12.2 Å². The molecule has 0 amide bonds. The van der Waals surface area contributed by atoms with Crippen LogP contribution in [0.15, 0.2) is 0 Å². The lowest BCUT2D eigenvalue weighted by atomic mass is 9.77. The zero-order valence-electron chi connectivity index (χ0n) is 6.90. The van der Waals surface area contributed by atoms with E-state index in [2.05, 4.69) is 0 Å². The van der Waals surface area contributed by atoms with E-state index in [1.54, 1.807) is 0 Å². The molecule has 64 valence electrons. The van der Waals surface area contributed by atoms with Crippen molar-refractivity contribution in [1.29, 1.82) is 0 Å². The van der Waals surface area contributed by atoms with Gasteiger partial charge in [0.25, 0.3) is 0 Å². The van der Waals surface area contributed by atoms with Gasteiger partial charge < -0.3 is 4.74 Å². The Balaban J connectivity index is 1.94. The van der Waals surface area contributed by atoms with Crippen LogP contribution in [0, 0.1) is 23.7 Å². The highest BCUT2D eigenvalue weighted by molar-refractivity contribution is 5.89. The van der Waals surface area contributed by atoms with E-state index in [0.29, 0.717) is 41.7 Å². The van der Waals surface area contributed by atoms with E-state index in [9.17, 15) is 4.79 Å². The molecule has 3 saturated carbocycles. The monoisotopic (exact) mass is 164 g/mol. The van der Waals surface area contributed by atoms with Crippen LogP contribution in [0.2, 0.25) is 0 Å². The summed E-state index contributed by atoms with van der Waals surface area (Å²) < 4.78 is 5.89. The summed E-state index contributed by atoms with van der Waals surface area (Å²) in [6.07, 6.45) is 4.42. The molecule has 2 saturated heterocycles. The molecule has 0 N–H and O–H groups in total. The average Bonchev–Trinajstić information content (AvgIpc) is 2.56. The molecule has 0 aromatic rings. The molecule has 5 aliphatic rings. The molecule has 0 aromatic heterocycles. The van der Waals surface area contributed by atoms with Gasteiger partial charge in [-0.05, 0) is 31.1 Å². The number of carbonyl (C=O) groups excluding carboxylic acids is 1. The summed E-state index contributed by atoms with van der Waals surface area (Å²) in [6, 6.07) is 0. The third-order valence-electron chi connectivity index (χ3n) is 4.57. The fraction of sp³-hybridized carbons (Fsp3) is 0.900. The lowest BCUT2D eigenvalue weighted by molar-refractivity contribution is -0.129. The molecule has 2 aliphatic heterocycles. The van der Waals surface area contributed by atoms with Gasteiger partial charge in [-0.3, -0.25) is 4.79 Å². The Morgan fingerprint density at radius 1 is 1.25 bits per heavy atom. The van der Waals surface area contributed by atoms with Gasteiger partial charge in [-0.1, -0.05) is 0 Å². The summed E-state index contributed by atoms with van der Waals surface area (Å²) in [6.45, 7) is 0. The lowest BCUT2D eigenvalue weighted by Crippen LogP contribution is -2.37. The van der Waals surface area contributed by atoms with Crippen LogP contribution in [0.3, 0.4) is 0 Å². The van der Waals surface area contributed by atoms with Gasteiger partial charge in [-0.15, -0.1) is 0 Å². The Labute approximate surface area is 71.3 Å². The third-order valence-corrected chi connectivity index (χ3v) is 4.57. The van der Waals surface area contributed by atoms with Gasteiger partial charge in [0.15, 0.2) is 0 Å². The minimum Gasteiger partial charge on any atom is -0.374 e. The van der Waals surface area contributed by atoms with Gasteiger partial charge >= 0.3 is 0 Å². The van der Waals surface area contributed by atoms with Crippen molar-refractivity contribution < 1.29 is 9.53 Å². The first-order valence-corrected chi connectivity index (χ1v) is 5.05. The predicted molar refractivity (Wildman–Crippen MR) is 41.5 cm³/mol. The van der Waals surface area contributed by atoms with E-state index in [4.69, 9.17) is 4.74 Å². The van der Waals surface area contributed by atoms with E-state index in [1.165, 1.54) is 12.8 Å². The van der Waals surface area contributed by atoms with Crippen molar-refractivity contribution in [2.75, 3.05) is 0 Å². The van der Waals surface area contributed by atoms with E-state index >= 15 is 0 Å². The van der Waals surface area contributed by atoms with Gasteiger partial charge in [0.2, 0.25) is 0 Å². The molecule has 0 spiro atoms. The van der Waals surface area contributed by atoms with Crippen molar-refractivity contribution in [2.45, 2.75) is 31.5 Å². The molecule has 0 aromatic carbocycles. The highest BCUT2D eigenvalue weighted by atomic mass is 16.5. The summed E-state index contributed by atoms with van der Waals surface area (Å²) in [5, 5.41) is 0. The number of hydrogen-bond acceptors (Lipinski definition) is 2. The highest BCUT2D eigenvalue weighted by Gasteiger charge is 2.66. The summed E-state index contributed by atoms with van der Waals surface area (Å²) in [5.74, 6) is 2.56. The SMILES string of the molecule is O=C1C2CC3OC4C2CCC4C13. The molecule has 5 fully saturated rings. The number of ketones is 1. The number of Topliss-reactive ketones (excluding diaryl/α,β-unsaturated/α-hetero) is 1. The average molecular weight is 164 g/mol. The molecule has 6 bridgehead atoms. The second-order valence-corrected chi connectivity index (χ2v) is 4.81. The molecule has 2 heterocycles. The zero-order valence-corrected chi connectivity index (χ0v) is 6.90. The fourth-order valence-corrected chi connectivity index (χ4v) is 4.20. The highest BCUT2D eigenvalue weighted by Crippen LogP contribution is 2.61. The Morgan fingerprint density at radius 2 is 2.08 bits per heavy atom. The predicted octanol–water partition coefficient (Wildman–Crippen LogP) is 0.999. The first-order valence-electron chi connectivity index (χ1n) is 5.05. The molecule has 6 atom stereocenters. The van der Waals surface area contributed by atoms with E-state index < -0.39 is 0 Å². The van der Waals surface area contributed by atoms with Crippen LogP contribution in [0.4, 0.5) is 0 Å². The van der Waals surface area contributed by atoms with Crippen LogP contribution < -0.4 is 0 Å². The normalized spacial score (nSPS) is 65.2. The molecule has 0 radical (unpaired) electrons. The van der Waals surface area contributed by atoms with Crippen LogP contribution in [0.25, 0.3) is 0 Å². The minimum atomic E-state index is 0.332. The van der Waals surface area contributed by atoms with E-state index in [1.807, 2.05) is 0 Å². The van der Waals surface area contributed by atoms with Gasteiger partial charge in [0.1, 0.15) is 5.78 Å². The zero-order chi connectivity index (χ0) is 7.87. The Kier molecular flexibility index (Phi) is 0.831. The standard InChI is InChI=1S/C10H12O2/c11-9-6-3-7-8(9)5-2-1-4(6)10(5)12-7/h4-8,10H,1-3H2. The number of ether oxygens (including phenoxy) is 1. The summed E-state index contributed by atoms with van der Waals surface area (Å²) in [4.78, 5) is 11.8. The quantitative estimate of drug-likeness (QED) is 0.534. The molecular formula is C10H12O2. The Hall–Kier alpha value is -0.370. The van der Waals surface area contributed by atoms with Gasteiger partial charge in [0, 0.05) is 11.8 Å². The van der Waals surface area contributed by atoms with Crippen molar-refractivity contribution in [2.24, 2.45) is 23.7 Å². The summed E-state index contributed by atoms with van der Waals surface area (Å²) >= 11 is 0. The number of carbonyl (C=O) groups is 1. The largest absolute Gasteiger partial charge is 0.374 e. The van der Waals surface area contributed by atoms with Crippen LogP contribution >= 0.6 is 0 Å². The van der Waals surface area contributed by atoms with Crippen molar-refractivity contribution in [3.05, 3.63) is 0 Å². The van der Waals surface area contributed by atoms with E-state index in [0.717, 1.165) is 6.42 Å². The first kappa shape index (κ1) is 6.14. The van der Waals surface area contributed by atoms with Crippen molar-refractivity contribution in [3.63, 3.8) is 0 Å². The fourth-order valence-electron chi connectivity index (χ4n) is 4.20. The lowest BCUT2D eigenvalue weighted by Gasteiger charge is -2.31. The van der Waals surface area contributed by atoms with Crippen LogP contribution in [-0.2, 0) is 9.53 Å². The maximum atomic E-state index is 11.8. The smallest absolute Gasteiger partial charge is 0.142 e. The molecule has 2 nitrogen and oxygen atoms in total. The third kappa shape index (κ3) is 0.434. The molecule has 5 rings (SSSR count). The maximum absolute atomic E-state index is 11.8.